The molecule has 0 radical (unpaired) electrons. The van der Waals surface area contributed by atoms with Crippen molar-refractivity contribution in [1.82, 2.24) is 0 Å². The standard InChI is InChI=1S/C21H27NO3/c1-3-15-7-4-5-10-22(15)12-14-11-18-16-8-6-9-17(16)21(24)25-20(18)13(2)19(14)23/h11,15,23H,3-10,12H2,1-2H3/p+1/t15-/m0/s1. The van der Waals surface area contributed by atoms with Gasteiger partial charge in [0.25, 0.3) is 0 Å². The maximum absolute atomic E-state index is 12.2. The van der Waals surface area contributed by atoms with Gasteiger partial charge in [0, 0.05) is 22.1 Å². The van der Waals surface area contributed by atoms with E-state index >= 15 is 0 Å². The summed E-state index contributed by atoms with van der Waals surface area (Å²) in [5, 5.41) is 11.8. The van der Waals surface area contributed by atoms with Crippen LogP contribution >= 0.6 is 0 Å². The molecule has 2 heterocycles. The molecule has 0 spiro atoms. The second-order valence-electron chi connectivity index (χ2n) is 7.77. The van der Waals surface area contributed by atoms with E-state index in [4.69, 9.17) is 4.42 Å². The number of aromatic hydroxyl groups is 1. The number of quaternary nitrogens is 1. The molecule has 1 fully saturated rings. The van der Waals surface area contributed by atoms with Crippen LogP contribution in [0.25, 0.3) is 11.0 Å². The van der Waals surface area contributed by atoms with Crippen molar-refractivity contribution in [3.63, 3.8) is 0 Å². The molecule has 2 atom stereocenters. The predicted molar refractivity (Wildman–Crippen MR) is 98.4 cm³/mol. The molecule has 4 rings (SSSR count). The number of phenols is 1. The monoisotopic (exact) mass is 342 g/mol. The minimum absolute atomic E-state index is 0.219. The molecule has 134 valence electrons. The van der Waals surface area contributed by atoms with Crippen LogP contribution < -0.4 is 10.5 Å². The summed E-state index contributed by atoms with van der Waals surface area (Å²) in [5.41, 5.74) is 4.07. The lowest BCUT2D eigenvalue weighted by Gasteiger charge is -2.32. The molecule has 1 aromatic heterocycles. The average Bonchev–Trinajstić information content (AvgIpc) is 3.12. The maximum atomic E-state index is 12.2. The van der Waals surface area contributed by atoms with Gasteiger partial charge in [0.2, 0.25) is 0 Å². The first-order valence-electron chi connectivity index (χ1n) is 9.74. The predicted octanol–water partition coefficient (Wildman–Crippen LogP) is 2.64. The van der Waals surface area contributed by atoms with Gasteiger partial charge in [-0.25, -0.2) is 4.79 Å². The molecule has 2 aliphatic rings. The van der Waals surface area contributed by atoms with Crippen molar-refractivity contribution in [2.75, 3.05) is 6.54 Å². The highest BCUT2D eigenvalue weighted by atomic mass is 16.4. The highest BCUT2D eigenvalue weighted by molar-refractivity contribution is 5.87. The summed E-state index contributed by atoms with van der Waals surface area (Å²) < 4.78 is 5.58. The van der Waals surface area contributed by atoms with Crippen LogP contribution in [-0.2, 0) is 19.4 Å². The van der Waals surface area contributed by atoms with Crippen LogP contribution in [0.4, 0.5) is 0 Å². The zero-order valence-electron chi connectivity index (χ0n) is 15.3. The van der Waals surface area contributed by atoms with Crippen LogP contribution in [0.15, 0.2) is 15.3 Å². The summed E-state index contributed by atoms with van der Waals surface area (Å²) in [6, 6.07) is 2.78. The Hall–Kier alpha value is -1.81. The Kier molecular flexibility index (Phi) is 4.32. The van der Waals surface area contributed by atoms with Gasteiger partial charge in [-0.1, -0.05) is 6.92 Å². The Morgan fingerprint density at radius 3 is 2.84 bits per heavy atom. The van der Waals surface area contributed by atoms with E-state index in [9.17, 15) is 9.90 Å². The lowest BCUT2D eigenvalue weighted by molar-refractivity contribution is -0.944. The number of aryl methyl sites for hydroxylation is 2. The SMILES string of the molecule is CC[C@H]1CCCC[NH+]1Cc1cc2c3c(c(=O)oc2c(C)c1O)CCC3. The summed E-state index contributed by atoms with van der Waals surface area (Å²) in [6.07, 6.45) is 7.83. The number of hydrogen-bond acceptors (Lipinski definition) is 3. The van der Waals surface area contributed by atoms with Crippen molar-refractivity contribution in [3.8, 4) is 5.75 Å². The molecule has 4 nitrogen and oxygen atoms in total. The first-order chi connectivity index (χ1) is 12.1. The van der Waals surface area contributed by atoms with Gasteiger partial charge in [0.05, 0.1) is 12.6 Å². The summed E-state index contributed by atoms with van der Waals surface area (Å²) in [4.78, 5) is 13.8. The van der Waals surface area contributed by atoms with Crippen LogP contribution in [0, 0.1) is 6.92 Å². The lowest BCUT2D eigenvalue weighted by atomic mass is 9.96. The number of nitrogens with one attached hydrogen (secondary N) is 1. The van der Waals surface area contributed by atoms with Crippen molar-refractivity contribution >= 4 is 11.0 Å². The molecule has 4 heteroatoms. The molecule has 25 heavy (non-hydrogen) atoms. The lowest BCUT2D eigenvalue weighted by Crippen LogP contribution is -3.15. The zero-order chi connectivity index (χ0) is 17.6. The van der Waals surface area contributed by atoms with Gasteiger partial charge in [0.15, 0.2) is 0 Å². The second kappa shape index (κ2) is 6.49. The molecule has 1 aliphatic carbocycles. The maximum Gasteiger partial charge on any atom is 0.339 e. The first kappa shape index (κ1) is 16.6. The fraction of sp³-hybridized carbons (Fsp3) is 0.571. The van der Waals surface area contributed by atoms with Crippen molar-refractivity contribution in [3.05, 3.63) is 38.7 Å². The first-order valence-corrected chi connectivity index (χ1v) is 9.74. The number of likely N-dealkylation sites (tertiary alicyclic amines) is 1. The van der Waals surface area contributed by atoms with E-state index in [0.29, 0.717) is 22.9 Å². The van der Waals surface area contributed by atoms with Crippen LogP contribution in [-0.4, -0.2) is 17.7 Å². The summed E-state index contributed by atoms with van der Waals surface area (Å²) in [5.74, 6) is 0.307. The highest BCUT2D eigenvalue weighted by Gasteiger charge is 2.27. The van der Waals surface area contributed by atoms with E-state index < -0.39 is 0 Å². The van der Waals surface area contributed by atoms with Crippen molar-refractivity contribution < 1.29 is 14.4 Å². The molecule has 1 aliphatic heterocycles. The number of phenolic OH excluding ortho intramolecular Hbond substituents is 1. The Bertz CT molecular complexity index is 868. The van der Waals surface area contributed by atoms with Gasteiger partial charge >= 0.3 is 5.63 Å². The van der Waals surface area contributed by atoms with E-state index in [1.165, 1.54) is 32.2 Å². The number of fused-ring (bicyclic) bond motifs is 3. The molecule has 0 amide bonds. The minimum atomic E-state index is -0.219. The Morgan fingerprint density at radius 1 is 1.24 bits per heavy atom. The molecule has 1 saturated heterocycles. The van der Waals surface area contributed by atoms with Gasteiger partial charge in [0.1, 0.15) is 17.9 Å². The van der Waals surface area contributed by atoms with Crippen molar-refractivity contribution in [1.29, 1.82) is 0 Å². The van der Waals surface area contributed by atoms with Crippen LogP contribution in [0.1, 0.15) is 61.3 Å². The summed E-state index contributed by atoms with van der Waals surface area (Å²) in [6.45, 7) is 6.17. The second-order valence-corrected chi connectivity index (χ2v) is 7.77. The smallest absolute Gasteiger partial charge is 0.339 e. The van der Waals surface area contributed by atoms with Gasteiger partial charge < -0.3 is 14.4 Å². The van der Waals surface area contributed by atoms with E-state index in [1.54, 1.807) is 4.90 Å². The number of piperidine rings is 1. The normalized spacial score (nSPS) is 23.1. The van der Waals surface area contributed by atoms with Crippen LogP contribution in [0.5, 0.6) is 5.75 Å². The topological polar surface area (TPSA) is 54.9 Å². The van der Waals surface area contributed by atoms with E-state index in [-0.39, 0.29) is 5.63 Å². The van der Waals surface area contributed by atoms with Crippen LogP contribution in [0.3, 0.4) is 0 Å². The van der Waals surface area contributed by atoms with Crippen LogP contribution in [0.2, 0.25) is 0 Å². The van der Waals surface area contributed by atoms with Gasteiger partial charge in [-0.3, -0.25) is 0 Å². The minimum Gasteiger partial charge on any atom is -0.507 e. The zero-order valence-corrected chi connectivity index (χ0v) is 15.3. The number of rotatable bonds is 3. The molecule has 1 aromatic carbocycles. The fourth-order valence-corrected chi connectivity index (χ4v) is 4.89. The number of hydrogen-bond donors (Lipinski definition) is 2. The molecular weight excluding hydrogens is 314 g/mol. The quantitative estimate of drug-likeness (QED) is 0.843. The third-order valence-corrected chi connectivity index (χ3v) is 6.34. The van der Waals surface area contributed by atoms with E-state index in [1.807, 2.05) is 6.92 Å². The van der Waals surface area contributed by atoms with Gasteiger partial charge in [-0.15, -0.1) is 0 Å². The van der Waals surface area contributed by atoms with Gasteiger partial charge in [-0.05, 0) is 63.5 Å². The third kappa shape index (κ3) is 2.77. The largest absolute Gasteiger partial charge is 0.507 e. The Morgan fingerprint density at radius 2 is 2.04 bits per heavy atom. The van der Waals surface area contributed by atoms with E-state index in [0.717, 1.165) is 47.9 Å². The summed E-state index contributed by atoms with van der Waals surface area (Å²) >= 11 is 0. The highest BCUT2D eigenvalue weighted by Crippen LogP contribution is 2.35. The Labute approximate surface area is 148 Å². The molecule has 1 unspecified atom stereocenters. The van der Waals surface area contributed by atoms with Crippen molar-refractivity contribution in [2.45, 2.75) is 71.4 Å². The number of benzene rings is 1. The van der Waals surface area contributed by atoms with Gasteiger partial charge in [-0.2, -0.15) is 0 Å². The third-order valence-electron chi connectivity index (χ3n) is 6.34. The Balaban J connectivity index is 1.81. The molecule has 2 aromatic rings. The van der Waals surface area contributed by atoms with E-state index in [2.05, 4.69) is 13.0 Å². The molecule has 0 bridgehead atoms. The molecule has 2 N–H and O–H groups in total. The summed E-state index contributed by atoms with van der Waals surface area (Å²) in [7, 11) is 0. The molecule has 0 saturated carbocycles. The molecular formula is C21H28NO3+. The average molecular weight is 342 g/mol. The fourth-order valence-electron chi connectivity index (χ4n) is 4.89. The van der Waals surface area contributed by atoms with Crippen molar-refractivity contribution in [2.24, 2.45) is 0 Å².